The molecule has 224 valence electrons. The fraction of sp³-hybridized carbons (Fsp3) is 0.103. The van der Waals surface area contributed by atoms with Crippen molar-refractivity contribution in [1.29, 1.82) is 0 Å². The highest BCUT2D eigenvalue weighted by atomic mass is 16.5. The van der Waals surface area contributed by atoms with E-state index in [1.54, 1.807) is 0 Å². The molecule has 46 heavy (non-hydrogen) atoms. The van der Waals surface area contributed by atoms with Crippen molar-refractivity contribution in [2.75, 3.05) is 18.4 Å². The number of fused-ring (bicyclic) bond motifs is 5. The zero-order chi connectivity index (χ0) is 30.5. The van der Waals surface area contributed by atoms with Crippen molar-refractivity contribution in [2.45, 2.75) is 12.5 Å². The number of benzene rings is 4. The molecule has 0 aliphatic carbocycles. The van der Waals surface area contributed by atoms with Crippen LogP contribution in [0.4, 0.5) is 5.69 Å². The van der Waals surface area contributed by atoms with E-state index in [0.717, 1.165) is 74.4 Å². The zero-order valence-electron chi connectivity index (χ0n) is 25.1. The molecule has 5 aromatic rings. The molecule has 2 unspecified atom stereocenters. The van der Waals surface area contributed by atoms with Gasteiger partial charge in [-0.3, -0.25) is 0 Å². The van der Waals surface area contributed by atoms with Gasteiger partial charge in [0.15, 0.2) is 12.0 Å². The van der Waals surface area contributed by atoms with E-state index in [0.29, 0.717) is 0 Å². The van der Waals surface area contributed by atoms with Crippen molar-refractivity contribution in [2.24, 2.45) is 4.99 Å². The topological polar surface area (TPSA) is 74.6 Å². The number of rotatable bonds is 5. The fourth-order valence-corrected chi connectivity index (χ4v) is 6.75. The van der Waals surface area contributed by atoms with Crippen molar-refractivity contribution < 1.29 is 4.74 Å². The Labute approximate surface area is 267 Å². The Hall–Kier alpha value is -5.95. The van der Waals surface area contributed by atoms with Crippen molar-refractivity contribution in [3.63, 3.8) is 0 Å². The summed E-state index contributed by atoms with van der Waals surface area (Å²) in [5.74, 6) is 0.873. The molecule has 5 heterocycles. The van der Waals surface area contributed by atoms with E-state index >= 15 is 0 Å². The first-order valence-corrected chi connectivity index (χ1v) is 15.7. The summed E-state index contributed by atoms with van der Waals surface area (Å²) in [6.07, 6.45) is 14.2. The smallest absolute Gasteiger partial charge is 0.201 e. The molecule has 0 saturated heterocycles. The standard InChI is InChI=1S/C39H32N6O/c1-2-6-29(7-3-1)38-42-31-14-15-35-36(37(31)46-38)30-8-4-5-9-34(30)45(35)39-43-32(24-33(44-39)28-18-22-41-23-19-28)27-12-10-25(11-13-27)26-16-20-40-21-17-26/h1-20,22,24,38-42,44H,21,23H2. The molecule has 0 bridgehead atoms. The molecule has 7 heteroatoms. The summed E-state index contributed by atoms with van der Waals surface area (Å²) in [6, 6.07) is 31.9. The SMILES string of the molecule is C1=CC(C2=CC(c3ccc(C4=CCNC=C4)cc3)=NC(n3c4ccccc4c4c5c(ccc43)NC(c3ccccc3)O5)N2)=CCN1. The minimum Gasteiger partial charge on any atom is -0.464 e. The summed E-state index contributed by atoms with van der Waals surface area (Å²) in [7, 11) is 0. The Morgan fingerprint density at radius 2 is 1.43 bits per heavy atom. The Morgan fingerprint density at radius 1 is 0.696 bits per heavy atom. The lowest BCUT2D eigenvalue weighted by Gasteiger charge is -2.28. The number of hydrogen-bond acceptors (Lipinski definition) is 6. The van der Waals surface area contributed by atoms with E-state index in [-0.39, 0.29) is 12.5 Å². The Morgan fingerprint density at radius 3 is 2.22 bits per heavy atom. The lowest BCUT2D eigenvalue weighted by Crippen LogP contribution is -2.31. The van der Waals surface area contributed by atoms with Gasteiger partial charge in [-0.15, -0.1) is 0 Å². The van der Waals surface area contributed by atoms with Gasteiger partial charge < -0.3 is 30.6 Å². The van der Waals surface area contributed by atoms with E-state index in [1.807, 2.05) is 30.6 Å². The van der Waals surface area contributed by atoms with Crippen LogP contribution in [-0.4, -0.2) is 23.4 Å². The monoisotopic (exact) mass is 600 g/mol. The Balaban J connectivity index is 1.17. The predicted molar refractivity (Wildman–Crippen MR) is 186 cm³/mol. The molecule has 7 nitrogen and oxygen atoms in total. The molecule has 4 N–H and O–H groups in total. The molecule has 0 fully saturated rings. The second-order valence-electron chi connectivity index (χ2n) is 11.7. The number of nitrogens with one attached hydrogen (secondary N) is 4. The van der Waals surface area contributed by atoms with Gasteiger partial charge in [0.25, 0.3) is 0 Å². The van der Waals surface area contributed by atoms with Crippen LogP contribution >= 0.6 is 0 Å². The highest BCUT2D eigenvalue weighted by Gasteiger charge is 2.30. The number of anilines is 1. The van der Waals surface area contributed by atoms with Gasteiger partial charge in [0.05, 0.1) is 27.8 Å². The number of hydrogen-bond donors (Lipinski definition) is 4. The molecule has 9 rings (SSSR count). The van der Waals surface area contributed by atoms with Crippen LogP contribution in [0.2, 0.25) is 0 Å². The van der Waals surface area contributed by atoms with Gasteiger partial charge in [-0.25, -0.2) is 4.99 Å². The number of aliphatic imine (C=N–C) groups is 1. The van der Waals surface area contributed by atoms with Gasteiger partial charge in [0.2, 0.25) is 6.29 Å². The van der Waals surface area contributed by atoms with Crippen molar-refractivity contribution in [3.8, 4) is 5.75 Å². The largest absolute Gasteiger partial charge is 0.464 e. The van der Waals surface area contributed by atoms with Crippen molar-refractivity contribution >= 4 is 38.8 Å². The quantitative estimate of drug-likeness (QED) is 0.171. The predicted octanol–water partition coefficient (Wildman–Crippen LogP) is 7.27. The molecular weight excluding hydrogens is 568 g/mol. The van der Waals surface area contributed by atoms with Crippen LogP contribution in [-0.2, 0) is 0 Å². The molecule has 0 saturated carbocycles. The van der Waals surface area contributed by atoms with Crippen molar-refractivity contribution in [1.82, 2.24) is 20.5 Å². The minimum absolute atomic E-state index is 0.242. The number of nitrogens with zero attached hydrogens (tertiary/aromatic N) is 2. The van der Waals surface area contributed by atoms with Crippen LogP contribution in [0.15, 0.2) is 150 Å². The van der Waals surface area contributed by atoms with Crippen molar-refractivity contribution in [3.05, 3.63) is 162 Å². The third-order valence-electron chi connectivity index (χ3n) is 8.99. The van der Waals surface area contributed by atoms with Gasteiger partial charge in [0.1, 0.15) is 0 Å². The molecule has 1 aromatic heterocycles. The molecule has 4 aliphatic heterocycles. The van der Waals surface area contributed by atoms with Crippen LogP contribution in [0.25, 0.3) is 27.4 Å². The molecule has 2 atom stereocenters. The number of para-hydroxylation sites is 1. The fourth-order valence-electron chi connectivity index (χ4n) is 6.75. The Kier molecular flexibility index (Phi) is 6.26. The summed E-state index contributed by atoms with van der Waals surface area (Å²) in [5.41, 5.74) is 10.8. The molecular formula is C39H32N6O. The van der Waals surface area contributed by atoms with Gasteiger partial charge in [0, 0.05) is 29.7 Å². The van der Waals surface area contributed by atoms with Crippen LogP contribution in [0.5, 0.6) is 5.75 Å². The van der Waals surface area contributed by atoms with Crippen LogP contribution in [0.1, 0.15) is 29.2 Å². The van der Waals surface area contributed by atoms with Crippen LogP contribution in [0, 0.1) is 0 Å². The highest BCUT2D eigenvalue weighted by Crippen LogP contribution is 2.47. The number of allylic oxidation sites excluding steroid dienone is 4. The van der Waals surface area contributed by atoms with Gasteiger partial charge in [-0.2, -0.15) is 0 Å². The summed E-state index contributed by atoms with van der Waals surface area (Å²) in [5, 5.41) is 16.1. The normalized spacial score (nSPS) is 19.9. The molecule has 0 spiro atoms. The van der Waals surface area contributed by atoms with E-state index in [4.69, 9.17) is 9.73 Å². The van der Waals surface area contributed by atoms with Crippen LogP contribution in [0.3, 0.4) is 0 Å². The first kappa shape index (κ1) is 26.5. The second-order valence-corrected chi connectivity index (χ2v) is 11.7. The van der Waals surface area contributed by atoms with Crippen LogP contribution < -0.4 is 26.0 Å². The highest BCUT2D eigenvalue weighted by molar-refractivity contribution is 6.14. The number of aromatic nitrogens is 1. The second kappa shape index (κ2) is 10.9. The number of dihydropyridines is 2. The third-order valence-corrected chi connectivity index (χ3v) is 8.99. The third kappa shape index (κ3) is 4.47. The zero-order valence-corrected chi connectivity index (χ0v) is 25.1. The molecule has 0 radical (unpaired) electrons. The average Bonchev–Trinajstić information content (AvgIpc) is 3.72. The summed E-state index contributed by atoms with van der Waals surface area (Å²) in [6.45, 7) is 1.62. The van der Waals surface area contributed by atoms with E-state index in [9.17, 15) is 0 Å². The lowest BCUT2D eigenvalue weighted by atomic mass is 9.99. The van der Waals surface area contributed by atoms with Gasteiger partial charge >= 0.3 is 0 Å². The lowest BCUT2D eigenvalue weighted by molar-refractivity contribution is 0.263. The maximum atomic E-state index is 6.65. The molecule has 0 amide bonds. The Bertz CT molecular complexity index is 2180. The maximum Gasteiger partial charge on any atom is 0.201 e. The molecule has 4 aromatic carbocycles. The average molecular weight is 601 g/mol. The number of ether oxygens (including phenoxy) is 1. The van der Waals surface area contributed by atoms with E-state index < -0.39 is 0 Å². The first-order valence-electron chi connectivity index (χ1n) is 15.7. The summed E-state index contributed by atoms with van der Waals surface area (Å²) >= 11 is 0. The molecule has 4 aliphatic rings. The minimum atomic E-state index is -0.381. The van der Waals surface area contributed by atoms with Gasteiger partial charge in [-0.05, 0) is 71.1 Å². The first-order chi connectivity index (χ1) is 22.8. The van der Waals surface area contributed by atoms with Gasteiger partial charge in [-0.1, -0.05) is 84.9 Å². The summed E-state index contributed by atoms with van der Waals surface area (Å²) in [4.78, 5) is 5.37. The maximum absolute atomic E-state index is 6.65. The summed E-state index contributed by atoms with van der Waals surface area (Å²) < 4.78 is 8.96. The van der Waals surface area contributed by atoms with E-state index in [1.165, 1.54) is 11.1 Å². The van der Waals surface area contributed by atoms with E-state index in [2.05, 4.69) is 129 Å².